The minimum Gasteiger partial charge on any atom is -0.490 e. The van der Waals surface area contributed by atoms with Gasteiger partial charge in [-0.1, -0.05) is 84.0 Å². The summed E-state index contributed by atoms with van der Waals surface area (Å²) in [6.07, 6.45) is 1.81. The first-order valence-corrected chi connectivity index (χ1v) is 13.6. The van der Waals surface area contributed by atoms with Crippen LogP contribution in [0.2, 0.25) is 0 Å². The highest BCUT2D eigenvalue weighted by atomic mass is 79.9. The number of ether oxygens (including phenoxy) is 2. The Labute approximate surface area is 224 Å². The van der Waals surface area contributed by atoms with E-state index in [1.165, 1.54) is 5.56 Å². The zero-order valence-corrected chi connectivity index (χ0v) is 23.0. The number of hydrogen-bond acceptors (Lipinski definition) is 6. The highest BCUT2D eigenvalue weighted by Crippen LogP contribution is 2.29. The van der Waals surface area contributed by atoms with Crippen LogP contribution in [0.5, 0.6) is 11.5 Å². The summed E-state index contributed by atoms with van der Waals surface area (Å²) in [5.41, 5.74) is 3.21. The van der Waals surface area contributed by atoms with Crippen LogP contribution in [0.25, 0.3) is 0 Å². The molecule has 36 heavy (non-hydrogen) atoms. The molecule has 4 aromatic rings. The Balaban J connectivity index is 1.52. The van der Waals surface area contributed by atoms with E-state index in [0.29, 0.717) is 24.7 Å². The first-order chi connectivity index (χ1) is 17.5. The first kappa shape index (κ1) is 26.0. The topological polar surface area (TPSA) is 61.5 Å². The molecule has 0 spiro atoms. The van der Waals surface area contributed by atoms with E-state index in [0.717, 1.165) is 32.3 Å². The molecule has 186 valence electrons. The second-order valence-electron chi connectivity index (χ2n) is 8.38. The third kappa shape index (κ3) is 6.98. The van der Waals surface area contributed by atoms with Gasteiger partial charge in [-0.2, -0.15) is 9.78 Å². The van der Waals surface area contributed by atoms with Crippen LogP contribution in [-0.4, -0.2) is 27.7 Å². The molecule has 0 atom stereocenters. The van der Waals surface area contributed by atoms with Crippen LogP contribution in [0.1, 0.15) is 49.2 Å². The predicted octanol–water partition coefficient (Wildman–Crippen LogP) is 7.32. The van der Waals surface area contributed by atoms with E-state index in [1.54, 1.807) is 11.8 Å². The van der Waals surface area contributed by atoms with Crippen molar-refractivity contribution in [3.63, 3.8) is 0 Å². The lowest BCUT2D eigenvalue weighted by Crippen LogP contribution is -2.03. The highest BCUT2D eigenvalue weighted by Gasteiger charge is 2.15. The molecule has 0 fully saturated rings. The molecule has 8 heteroatoms. The van der Waals surface area contributed by atoms with Crippen molar-refractivity contribution >= 4 is 33.9 Å². The van der Waals surface area contributed by atoms with Gasteiger partial charge in [0.1, 0.15) is 6.61 Å². The van der Waals surface area contributed by atoms with Crippen LogP contribution < -0.4 is 9.47 Å². The molecule has 0 unspecified atom stereocenters. The largest absolute Gasteiger partial charge is 0.490 e. The number of halogens is 1. The van der Waals surface area contributed by atoms with Gasteiger partial charge in [-0.15, -0.1) is 10.2 Å². The maximum absolute atomic E-state index is 6.03. The molecule has 0 saturated carbocycles. The third-order valence-electron chi connectivity index (χ3n) is 5.26. The molecule has 4 rings (SSSR count). The molecule has 6 nitrogen and oxygen atoms in total. The van der Waals surface area contributed by atoms with Crippen molar-refractivity contribution in [2.45, 2.75) is 44.2 Å². The maximum Gasteiger partial charge on any atom is 0.212 e. The molecule has 0 aliphatic carbocycles. The zero-order chi connectivity index (χ0) is 25.3. The second-order valence-corrected chi connectivity index (χ2v) is 10.2. The molecular weight excluding hydrogens is 536 g/mol. The van der Waals surface area contributed by atoms with Gasteiger partial charge >= 0.3 is 0 Å². The van der Waals surface area contributed by atoms with Crippen molar-refractivity contribution in [2.24, 2.45) is 5.10 Å². The Morgan fingerprint density at radius 1 is 0.944 bits per heavy atom. The molecule has 0 N–H and O–H groups in total. The number of benzene rings is 3. The van der Waals surface area contributed by atoms with Crippen LogP contribution >= 0.6 is 27.7 Å². The second kappa shape index (κ2) is 12.7. The number of hydrogen-bond donors (Lipinski definition) is 0. The summed E-state index contributed by atoms with van der Waals surface area (Å²) in [7, 11) is 0. The minimum absolute atomic E-state index is 0.185. The Morgan fingerprint density at radius 2 is 1.72 bits per heavy atom. The zero-order valence-electron chi connectivity index (χ0n) is 20.6. The SMILES string of the molecule is CCOc1cc(/C=N/n2c(SCc3ccc(Br)cc3)nnc2C(C)C)ccc1OCc1ccccc1. The number of thioether (sulfide) groups is 1. The van der Waals surface area contributed by atoms with Crippen molar-refractivity contribution in [3.8, 4) is 11.5 Å². The molecule has 0 radical (unpaired) electrons. The lowest BCUT2D eigenvalue weighted by Gasteiger charge is -2.13. The van der Waals surface area contributed by atoms with Gasteiger partial charge in [-0.05, 0) is 53.9 Å². The van der Waals surface area contributed by atoms with E-state index < -0.39 is 0 Å². The molecule has 0 aliphatic heterocycles. The fourth-order valence-electron chi connectivity index (χ4n) is 3.42. The van der Waals surface area contributed by atoms with Gasteiger partial charge in [0.05, 0.1) is 12.8 Å². The average Bonchev–Trinajstić information content (AvgIpc) is 3.30. The van der Waals surface area contributed by atoms with E-state index in [-0.39, 0.29) is 5.92 Å². The van der Waals surface area contributed by atoms with Gasteiger partial charge in [-0.25, -0.2) is 0 Å². The summed E-state index contributed by atoms with van der Waals surface area (Å²) in [5.74, 6) is 3.17. The Morgan fingerprint density at radius 3 is 2.44 bits per heavy atom. The van der Waals surface area contributed by atoms with Crippen LogP contribution in [0.4, 0.5) is 0 Å². The Kier molecular flexibility index (Phi) is 9.19. The van der Waals surface area contributed by atoms with E-state index >= 15 is 0 Å². The van der Waals surface area contributed by atoms with Crippen molar-refractivity contribution < 1.29 is 9.47 Å². The summed E-state index contributed by atoms with van der Waals surface area (Å²) in [5, 5.41) is 14.3. The first-order valence-electron chi connectivity index (χ1n) is 11.8. The maximum atomic E-state index is 6.03. The molecule has 1 aromatic heterocycles. The van der Waals surface area contributed by atoms with E-state index in [4.69, 9.17) is 14.6 Å². The van der Waals surface area contributed by atoms with Crippen molar-refractivity contribution in [1.82, 2.24) is 14.9 Å². The van der Waals surface area contributed by atoms with Crippen LogP contribution in [0, 0.1) is 0 Å². The lowest BCUT2D eigenvalue weighted by molar-refractivity contribution is 0.269. The molecule has 1 heterocycles. The minimum atomic E-state index is 0.185. The van der Waals surface area contributed by atoms with E-state index in [1.807, 2.05) is 78.5 Å². The normalized spacial score (nSPS) is 11.4. The van der Waals surface area contributed by atoms with Gasteiger partial charge in [0, 0.05) is 16.1 Å². The molecule has 0 aliphatic rings. The number of rotatable bonds is 11. The van der Waals surface area contributed by atoms with Gasteiger partial charge in [0.25, 0.3) is 0 Å². The van der Waals surface area contributed by atoms with Gasteiger partial charge < -0.3 is 9.47 Å². The Hall–Kier alpha value is -3.10. The van der Waals surface area contributed by atoms with Crippen molar-refractivity contribution in [1.29, 1.82) is 0 Å². The average molecular weight is 566 g/mol. The van der Waals surface area contributed by atoms with Crippen LogP contribution in [0.3, 0.4) is 0 Å². The number of nitrogens with zero attached hydrogens (tertiary/aromatic N) is 4. The highest BCUT2D eigenvalue weighted by molar-refractivity contribution is 9.10. The van der Waals surface area contributed by atoms with E-state index in [2.05, 4.69) is 52.1 Å². The summed E-state index contributed by atoms with van der Waals surface area (Å²) >= 11 is 5.10. The predicted molar refractivity (Wildman–Crippen MR) is 149 cm³/mol. The fraction of sp³-hybridized carbons (Fsp3) is 0.250. The summed E-state index contributed by atoms with van der Waals surface area (Å²) in [6, 6.07) is 24.2. The Bertz CT molecular complexity index is 1290. The molecule has 3 aromatic carbocycles. The summed E-state index contributed by atoms with van der Waals surface area (Å²) in [6.45, 7) is 7.16. The van der Waals surface area contributed by atoms with Crippen molar-refractivity contribution in [2.75, 3.05) is 6.61 Å². The molecule has 0 amide bonds. The summed E-state index contributed by atoms with van der Waals surface area (Å²) in [4.78, 5) is 0. The van der Waals surface area contributed by atoms with Crippen LogP contribution in [0.15, 0.2) is 87.5 Å². The summed E-state index contributed by atoms with van der Waals surface area (Å²) < 4.78 is 14.8. The lowest BCUT2D eigenvalue weighted by atomic mass is 10.2. The molecule has 0 bridgehead atoms. The standard InChI is InChI=1S/C28H29BrN4O2S/c1-4-34-26-16-23(12-15-25(26)35-18-21-8-6-5-7-9-21)17-30-33-27(20(2)3)31-32-28(33)36-19-22-10-13-24(29)14-11-22/h5-17,20H,4,18-19H2,1-3H3/b30-17+. The molecular formula is C28H29BrN4O2S. The third-order valence-corrected chi connectivity index (χ3v) is 6.78. The van der Waals surface area contributed by atoms with Crippen molar-refractivity contribution in [3.05, 3.63) is 99.8 Å². The van der Waals surface area contributed by atoms with Gasteiger partial charge in [0.15, 0.2) is 17.3 Å². The monoisotopic (exact) mass is 564 g/mol. The molecule has 0 saturated heterocycles. The van der Waals surface area contributed by atoms with E-state index in [9.17, 15) is 0 Å². The number of aromatic nitrogens is 3. The van der Waals surface area contributed by atoms with Crippen LogP contribution in [-0.2, 0) is 12.4 Å². The smallest absolute Gasteiger partial charge is 0.212 e. The fourth-order valence-corrected chi connectivity index (χ4v) is 4.53. The van der Waals surface area contributed by atoms with Gasteiger partial charge in [0.2, 0.25) is 5.16 Å². The van der Waals surface area contributed by atoms with Gasteiger partial charge in [-0.3, -0.25) is 0 Å². The quantitative estimate of drug-likeness (QED) is 0.141.